The lowest BCUT2D eigenvalue weighted by Crippen LogP contribution is -2.71. The van der Waals surface area contributed by atoms with Crippen molar-refractivity contribution in [1.82, 2.24) is 0 Å². The molecule has 0 aliphatic heterocycles. The lowest BCUT2D eigenvalue weighted by molar-refractivity contribution is -0.921. The molecule has 27 heavy (non-hydrogen) atoms. The van der Waals surface area contributed by atoms with E-state index in [1.165, 1.54) is 44.9 Å². The first-order chi connectivity index (χ1) is 12.5. The summed E-state index contributed by atoms with van der Waals surface area (Å²) >= 11 is 0. The van der Waals surface area contributed by atoms with E-state index in [1.807, 2.05) is 0 Å². The van der Waals surface area contributed by atoms with E-state index in [1.54, 1.807) is 35.0 Å². The first kappa shape index (κ1) is 25.9. The molecule has 0 aliphatic carbocycles. The fourth-order valence-corrected chi connectivity index (χ4v) is 4.47. The highest BCUT2D eigenvalue weighted by Crippen LogP contribution is 2.45. The molecule has 0 aromatic heterocycles. The Bertz CT molecular complexity index is 458. The van der Waals surface area contributed by atoms with Crippen LogP contribution in [0, 0.1) is 5.41 Å². The molecule has 5 nitrogen and oxygen atoms in total. The molecule has 0 aromatic carbocycles. The molecule has 2 unspecified atom stereocenters. The van der Waals surface area contributed by atoms with E-state index in [9.17, 15) is 19.8 Å². The monoisotopic (exact) mass is 386 g/mol. The molecule has 0 heterocycles. The highest BCUT2D eigenvalue weighted by Gasteiger charge is 2.65. The number of hydrogen-bond acceptors (Lipinski definition) is 2. The average Bonchev–Trinajstić information content (AvgIpc) is 2.57. The zero-order valence-corrected chi connectivity index (χ0v) is 18.6. The number of carboxylic acids is 2. The number of aliphatic carboxylic acids is 2. The van der Waals surface area contributed by atoms with E-state index in [4.69, 9.17) is 0 Å². The number of hydrogen-bond donors (Lipinski definition) is 2. The van der Waals surface area contributed by atoms with Gasteiger partial charge >= 0.3 is 11.9 Å². The topological polar surface area (TPSA) is 74.6 Å². The maximum atomic E-state index is 12.4. The normalized spacial score (nSPS) is 16.5. The summed E-state index contributed by atoms with van der Waals surface area (Å²) in [5, 5.41) is 20.0. The molecule has 0 fully saturated rings. The minimum absolute atomic E-state index is 0.108. The molecule has 160 valence electrons. The van der Waals surface area contributed by atoms with E-state index >= 15 is 0 Å². The van der Waals surface area contributed by atoms with Crippen LogP contribution in [0.2, 0.25) is 0 Å². The maximum absolute atomic E-state index is 12.4. The second kappa shape index (κ2) is 11.7. The minimum atomic E-state index is -1.34. The summed E-state index contributed by atoms with van der Waals surface area (Å²) in [5.41, 5.74) is -2.65. The van der Waals surface area contributed by atoms with Crippen LogP contribution in [-0.4, -0.2) is 53.3 Å². The van der Waals surface area contributed by atoms with Gasteiger partial charge in [0.25, 0.3) is 0 Å². The highest BCUT2D eigenvalue weighted by molar-refractivity contribution is 5.88. The quantitative estimate of drug-likeness (QED) is 0.278. The van der Waals surface area contributed by atoms with Gasteiger partial charge in [-0.05, 0) is 19.8 Å². The molecule has 0 amide bonds. The van der Waals surface area contributed by atoms with Gasteiger partial charge in [-0.2, -0.15) is 0 Å². The molecule has 0 aliphatic rings. The Morgan fingerprint density at radius 2 is 1.15 bits per heavy atom. The van der Waals surface area contributed by atoms with Crippen molar-refractivity contribution in [2.45, 2.75) is 103 Å². The number of rotatable bonds is 16. The van der Waals surface area contributed by atoms with Crippen LogP contribution in [0.5, 0.6) is 0 Å². The third-order valence-corrected chi connectivity index (χ3v) is 6.48. The Morgan fingerprint density at radius 3 is 1.44 bits per heavy atom. The highest BCUT2D eigenvalue weighted by atomic mass is 16.4. The van der Waals surface area contributed by atoms with Crippen LogP contribution in [-0.2, 0) is 9.59 Å². The van der Waals surface area contributed by atoms with Gasteiger partial charge in [-0.3, -0.25) is 4.79 Å². The van der Waals surface area contributed by atoms with Crippen molar-refractivity contribution in [3.05, 3.63) is 0 Å². The SMILES string of the molecule is CCCCCCCCCCCCC(C(=O)O)(C(C)(CC)C(=O)O)[N+](C)(C)C. The molecular weight excluding hydrogens is 342 g/mol. The van der Waals surface area contributed by atoms with E-state index in [2.05, 4.69) is 6.92 Å². The number of carboxylic acid groups (broad SMARTS) is 2. The average molecular weight is 387 g/mol. The summed E-state index contributed by atoms with van der Waals surface area (Å²) < 4.78 is 0.108. The first-order valence-corrected chi connectivity index (χ1v) is 10.8. The largest absolute Gasteiger partial charge is 0.481 e. The van der Waals surface area contributed by atoms with Crippen molar-refractivity contribution >= 4 is 11.9 Å². The van der Waals surface area contributed by atoms with Crippen molar-refractivity contribution < 1.29 is 24.3 Å². The molecule has 0 saturated carbocycles. The van der Waals surface area contributed by atoms with Crippen LogP contribution in [0.15, 0.2) is 0 Å². The molecule has 0 rings (SSSR count). The fourth-order valence-electron chi connectivity index (χ4n) is 4.47. The molecule has 2 N–H and O–H groups in total. The van der Waals surface area contributed by atoms with Crippen molar-refractivity contribution in [2.75, 3.05) is 21.1 Å². The Morgan fingerprint density at radius 1 is 0.741 bits per heavy atom. The molecule has 0 spiro atoms. The van der Waals surface area contributed by atoms with Gasteiger partial charge in [0.1, 0.15) is 5.41 Å². The van der Waals surface area contributed by atoms with Gasteiger partial charge in [0.15, 0.2) is 0 Å². The van der Waals surface area contributed by atoms with Crippen molar-refractivity contribution in [1.29, 1.82) is 0 Å². The van der Waals surface area contributed by atoms with Crippen LogP contribution in [0.1, 0.15) is 97.8 Å². The van der Waals surface area contributed by atoms with E-state index in [-0.39, 0.29) is 4.48 Å². The predicted molar refractivity (Wildman–Crippen MR) is 111 cm³/mol. The Labute approximate surface area is 166 Å². The lowest BCUT2D eigenvalue weighted by Gasteiger charge is -2.51. The lowest BCUT2D eigenvalue weighted by atomic mass is 9.64. The molecule has 0 aromatic rings. The number of nitrogens with zero attached hydrogens (tertiary/aromatic N) is 1. The summed E-state index contributed by atoms with van der Waals surface area (Å²) in [6.45, 7) is 5.60. The van der Waals surface area contributed by atoms with Crippen LogP contribution < -0.4 is 0 Å². The van der Waals surface area contributed by atoms with Crippen molar-refractivity contribution in [3.63, 3.8) is 0 Å². The summed E-state index contributed by atoms with van der Waals surface area (Å²) in [6, 6.07) is 0. The molecule has 0 radical (unpaired) electrons. The standard InChI is InChI=1S/C22H43NO4/c1-7-9-10-11-12-13-14-15-16-17-18-22(20(26)27,23(4,5)6)21(3,8-2)19(24)25/h7-18H2,1-6H3,(H-,24,25,26,27)/p+1. The Balaban J connectivity index is 4.83. The molecule has 0 saturated heterocycles. The van der Waals surface area contributed by atoms with E-state index in [0.29, 0.717) is 12.8 Å². The minimum Gasteiger partial charge on any atom is -0.481 e. The Kier molecular flexibility index (Phi) is 11.2. The zero-order valence-electron chi connectivity index (χ0n) is 18.6. The number of quaternary nitrogens is 1. The van der Waals surface area contributed by atoms with Crippen LogP contribution in [0.25, 0.3) is 0 Å². The second-order valence-corrected chi connectivity index (χ2v) is 9.10. The van der Waals surface area contributed by atoms with Crippen LogP contribution in [0.3, 0.4) is 0 Å². The van der Waals surface area contributed by atoms with Gasteiger partial charge in [-0.1, -0.05) is 71.6 Å². The smallest absolute Gasteiger partial charge is 0.366 e. The van der Waals surface area contributed by atoms with Gasteiger partial charge in [-0.15, -0.1) is 0 Å². The Hall–Kier alpha value is -1.10. The summed E-state index contributed by atoms with van der Waals surface area (Å²) in [7, 11) is 5.42. The summed E-state index contributed by atoms with van der Waals surface area (Å²) in [6.07, 6.45) is 12.4. The first-order valence-electron chi connectivity index (χ1n) is 10.8. The second-order valence-electron chi connectivity index (χ2n) is 9.10. The molecule has 5 heteroatoms. The van der Waals surface area contributed by atoms with Gasteiger partial charge in [0.05, 0.1) is 21.1 Å². The number of unbranched alkanes of at least 4 members (excludes halogenated alkanes) is 9. The third-order valence-electron chi connectivity index (χ3n) is 6.48. The van der Waals surface area contributed by atoms with Crippen LogP contribution in [0.4, 0.5) is 0 Å². The third kappa shape index (κ3) is 6.48. The predicted octanol–water partition coefficient (Wildman–Crippen LogP) is 5.33. The summed E-state index contributed by atoms with van der Waals surface area (Å²) in [4.78, 5) is 24.4. The van der Waals surface area contributed by atoms with E-state index < -0.39 is 22.9 Å². The molecular formula is C22H44NO4+. The van der Waals surface area contributed by atoms with Crippen LogP contribution >= 0.6 is 0 Å². The van der Waals surface area contributed by atoms with E-state index in [0.717, 1.165) is 19.3 Å². The van der Waals surface area contributed by atoms with Gasteiger partial charge < -0.3 is 14.7 Å². The summed E-state index contributed by atoms with van der Waals surface area (Å²) in [5.74, 6) is -2.02. The van der Waals surface area contributed by atoms with Gasteiger partial charge in [0.2, 0.25) is 5.54 Å². The molecule has 2 atom stereocenters. The van der Waals surface area contributed by atoms with Crippen molar-refractivity contribution in [3.8, 4) is 0 Å². The molecule has 0 bridgehead atoms. The van der Waals surface area contributed by atoms with Gasteiger partial charge in [-0.25, -0.2) is 4.79 Å². The number of carbonyl (C=O) groups is 2. The van der Waals surface area contributed by atoms with Gasteiger partial charge in [0, 0.05) is 6.42 Å². The number of likely N-dealkylation sites (N-methyl/N-ethyl adjacent to an activating group) is 1. The maximum Gasteiger partial charge on any atom is 0.366 e. The fraction of sp³-hybridized carbons (Fsp3) is 0.909. The zero-order chi connectivity index (χ0) is 21.1. The van der Waals surface area contributed by atoms with Crippen molar-refractivity contribution in [2.24, 2.45) is 5.41 Å².